The fraction of sp³-hybridized carbons (Fsp3) is 0.559. The zero-order valence-electron chi connectivity index (χ0n) is 28.6. The van der Waals surface area contributed by atoms with Gasteiger partial charge in [-0.25, -0.2) is 0 Å². The average molecular weight is 771 g/mol. The summed E-state index contributed by atoms with van der Waals surface area (Å²) in [5.74, 6) is -0.973. The average Bonchev–Trinajstić information content (AvgIpc) is 3.14. The van der Waals surface area contributed by atoms with Crippen molar-refractivity contribution in [1.29, 1.82) is 0 Å². The Labute approximate surface area is 305 Å². The van der Waals surface area contributed by atoms with Crippen molar-refractivity contribution >= 4 is 11.0 Å². The molecule has 298 valence electrons. The maximum absolute atomic E-state index is 13.1. The van der Waals surface area contributed by atoms with E-state index in [0.717, 1.165) is 12.1 Å². The number of aromatic hydroxyl groups is 2. The lowest BCUT2D eigenvalue weighted by atomic mass is 9.97. The molecule has 20 heteroatoms. The third-order valence-corrected chi connectivity index (χ3v) is 9.52. The van der Waals surface area contributed by atoms with Crippen molar-refractivity contribution in [2.24, 2.45) is 0 Å². The molecule has 3 aliphatic heterocycles. The number of hydrogen-bond donors (Lipinski definition) is 11. The van der Waals surface area contributed by atoms with Crippen LogP contribution in [0.1, 0.15) is 6.92 Å². The van der Waals surface area contributed by atoms with E-state index in [4.69, 9.17) is 37.6 Å². The first-order chi connectivity index (χ1) is 25.6. The maximum atomic E-state index is 13.1. The Bertz CT molecular complexity index is 1820. The first-order valence-electron chi connectivity index (χ1n) is 16.8. The summed E-state index contributed by atoms with van der Waals surface area (Å²) < 4.78 is 45.0. The van der Waals surface area contributed by atoms with E-state index in [-0.39, 0.29) is 39.5 Å². The van der Waals surface area contributed by atoms with Gasteiger partial charge in [-0.3, -0.25) is 4.79 Å². The van der Waals surface area contributed by atoms with Crippen LogP contribution in [0.5, 0.6) is 23.0 Å². The molecule has 3 aromatic rings. The fourth-order valence-electron chi connectivity index (χ4n) is 6.39. The highest BCUT2D eigenvalue weighted by molar-refractivity contribution is 5.86. The fourth-order valence-corrected chi connectivity index (χ4v) is 6.39. The second kappa shape index (κ2) is 16.2. The molecule has 3 aliphatic rings. The minimum Gasteiger partial charge on any atom is -0.507 e. The minimum atomic E-state index is -1.96. The van der Waals surface area contributed by atoms with Crippen LogP contribution >= 0.6 is 0 Å². The maximum Gasteiger partial charge on any atom is 0.229 e. The molecule has 20 nitrogen and oxygen atoms in total. The number of fused-ring (bicyclic) bond motifs is 1. The van der Waals surface area contributed by atoms with E-state index in [1.807, 2.05) is 0 Å². The molecule has 6 rings (SSSR count). The Morgan fingerprint density at radius 2 is 1.37 bits per heavy atom. The minimum absolute atomic E-state index is 0.0189. The van der Waals surface area contributed by atoms with E-state index < -0.39 is 117 Å². The van der Waals surface area contributed by atoms with Gasteiger partial charge in [-0.1, -0.05) is 0 Å². The van der Waals surface area contributed by atoms with Crippen LogP contribution in [0.15, 0.2) is 45.6 Å². The van der Waals surface area contributed by atoms with Gasteiger partial charge in [-0.05, 0) is 25.1 Å². The molecule has 15 atom stereocenters. The monoisotopic (exact) mass is 770 g/mol. The highest BCUT2D eigenvalue weighted by Gasteiger charge is 2.52. The van der Waals surface area contributed by atoms with E-state index in [1.165, 1.54) is 38.3 Å². The van der Waals surface area contributed by atoms with Gasteiger partial charge in [0.2, 0.25) is 6.29 Å². The third-order valence-electron chi connectivity index (χ3n) is 9.52. The first kappa shape index (κ1) is 40.0. The highest BCUT2D eigenvalue weighted by atomic mass is 16.8. The van der Waals surface area contributed by atoms with Gasteiger partial charge in [-0.2, -0.15) is 0 Å². The number of hydrogen-bond acceptors (Lipinski definition) is 20. The topological polar surface area (TPSA) is 317 Å². The number of ether oxygens (including phenoxy) is 7. The number of aliphatic hydroxyl groups excluding tert-OH is 9. The van der Waals surface area contributed by atoms with E-state index >= 15 is 0 Å². The Morgan fingerprint density at radius 3 is 2.06 bits per heavy atom. The lowest BCUT2D eigenvalue weighted by Crippen LogP contribution is -2.65. The van der Waals surface area contributed by atoms with E-state index in [9.17, 15) is 61.0 Å². The Morgan fingerprint density at radius 1 is 0.704 bits per heavy atom. The van der Waals surface area contributed by atoms with Crippen molar-refractivity contribution < 1.29 is 93.7 Å². The molecule has 3 saturated heterocycles. The smallest absolute Gasteiger partial charge is 0.229 e. The highest BCUT2D eigenvalue weighted by Crippen LogP contribution is 2.37. The van der Waals surface area contributed by atoms with Crippen molar-refractivity contribution in [2.45, 2.75) is 99.0 Å². The summed E-state index contributed by atoms with van der Waals surface area (Å²) in [5, 5.41) is 115. The normalized spacial score (nSPS) is 37.3. The number of benzene rings is 2. The molecule has 0 spiro atoms. The molecule has 54 heavy (non-hydrogen) atoms. The number of aliphatic hydroxyl groups is 9. The van der Waals surface area contributed by atoms with Crippen LogP contribution in [-0.2, 0) is 23.7 Å². The zero-order valence-corrected chi connectivity index (χ0v) is 28.6. The molecule has 0 bridgehead atoms. The van der Waals surface area contributed by atoms with E-state index in [2.05, 4.69) is 0 Å². The second-order valence-corrected chi connectivity index (χ2v) is 13.1. The Balaban J connectivity index is 1.31. The summed E-state index contributed by atoms with van der Waals surface area (Å²) in [7, 11) is 1.35. The number of phenols is 2. The van der Waals surface area contributed by atoms with E-state index in [0.29, 0.717) is 0 Å². The quantitative estimate of drug-likeness (QED) is 0.0964. The van der Waals surface area contributed by atoms with Crippen LogP contribution < -0.4 is 14.9 Å². The summed E-state index contributed by atoms with van der Waals surface area (Å²) in [6.07, 6.45) is -25.1. The first-order valence-corrected chi connectivity index (χ1v) is 16.8. The van der Waals surface area contributed by atoms with Crippen LogP contribution in [0.2, 0.25) is 0 Å². The van der Waals surface area contributed by atoms with Gasteiger partial charge in [-0.15, -0.1) is 0 Å². The van der Waals surface area contributed by atoms with Gasteiger partial charge in [0.15, 0.2) is 35.6 Å². The molecule has 3 fully saturated rings. The zero-order chi connectivity index (χ0) is 39.2. The number of methoxy groups -OCH3 is 1. The van der Waals surface area contributed by atoms with Crippen LogP contribution in [0.25, 0.3) is 22.3 Å². The van der Waals surface area contributed by atoms with Gasteiger partial charge in [0, 0.05) is 23.8 Å². The van der Waals surface area contributed by atoms with Crippen LogP contribution in [-0.4, -0.2) is 169 Å². The molecule has 0 aliphatic carbocycles. The van der Waals surface area contributed by atoms with Gasteiger partial charge < -0.3 is 93.7 Å². The lowest BCUT2D eigenvalue weighted by Gasteiger charge is -2.46. The lowest BCUT2D eigenvalue weighted by molar-refractivity contribution is -0.362. The van der Waals surface area contributed by atoms with Gasteiger partial charge >= 0.3 is 0 Å². The van der Waals surface area contributed by atoms with Crippen LogP contribution in [0.3, 0.4) is 0 Å². The second-order valence-electron chi connectivity index (χ2n) is 13.1. The molecule has 0 saturated carbocycles. The molecular formula is C34H42O20. The molecule has 0 amide bonds. The third kappa shape index (κ3) is 7.72. The summed E-state index contributed by atoms with van der Waals surface area (Å²) in [4.78, 5) is 13.1. The summed E-state index contributed by atoms with van der Waals surface area (Å²) in [5.41, 5.74) is -0.605. The van der Waals surface area contributed by atoms with Crippen molar-refractivity contribution in [3.8, 4) is 34.3 Å². The summed E-state index contributed by atoms with van der Waals surface area (Å²) in [6, 6.07) is 7.52. The molecule has 0 radical (unpaired) electrons. The predicted molar refractivity (Wildman–Crippen MR) is 176 cm³/mol. The van der Waals surface area contributed by atoms with Crippen LogP contribution in [0.4, 0.5) is 0 Å². The van der Waals surface area contributed by atoms with Gasteiger partial charge in [0.25, 0.3) is 0 Å². The van der Waals surface area contributed by atoms with Crippen molar-refractivity contribution in [1.82, 2.24) is 0 Å². The largest absolute Gasteiger partial charge is 0.507 e. The van der Waals surface area contributed by atoms with Gasteiger partial charge in [0.1, 0.15) is 89.3 Å². The van der Waals surface area contributed by atoms with Gasteiger partial charge in [0.05, 0.1) is 26.4 Å². The standard InChI is InChI=1S/C34H42O20/c1-11-23(39)26(42)29(45)32(49-11)48-10-21-25(41)28(44)31(54-33-30(46)27(43)24(40)20(9-35)52-33)34(53-21)50-13-6-15(37)22-16(38)8-18(51-19(22)7-13)12-3-4-17(47-2)14(36)5-12/h3-8,11,20-21,23-37,39-46H,9-10H2,1-2H3/t11-,20+,21+,23-,24+,25+,26+,27-,28-,29+,30+,31+,32+,33-,34+/m0/s1. The Kier molecular flexibility index (Phi) is 12.0. The van der Waals surface area contributed by atoms with Crippen molar-refractivity contribution in [2.75, 3.05) is 20.3 Å². The SMILES string of the molecule is COc1ccc(-c2cc(=O)c3c(O)cc(O[C@@H]4O[C@H](CO[C@@H]5O[C@@H](C)[C@H](O)[C@@H](O)[C@H]5O)[C@@H](O)[C@H](O)[C@H]4O[C@@H]4O[C@H](CO)[C@@H](O)[C@H](O)[C@H]4O)cc3o2)cc1O. The number of rotatable bonds is 10. The Hall–Kier alpha value is -3.71. The summed E-state index contributed by atoms with van der Waals surface area (Å²) >= 11 is 0. The molecule has 2 aromatic carbocycles. The molecule has 0 unspecified atom stereocenters. The molecular weight excluding hydrogens is 728 g/mol. The van der Waals surface area contributed by atoms with E-state index in [1.54, 1.807) is 0 Å². The molecule has 4 heterocycles. The predicted octanol–water partition coefficient (Wildman–Crippen LogP) is -3.27. The molecule has 11 N–H and O–H groups in total. The van der Waals surface area contributed by atoms with Crippen molar-refractivity contribution in [3.05, 3.63) is 46.6 Å². The molecule has 1 aromatic heterocycles. The van der Waals surface area contributed by atoms with Crippen LogP contribution in [0, 0.1) is 0 Å². The summed E-state index contributed by atoms with van der Waals surface area (Å²) in [6.45, 7) is -0.0186. The number of phenolic OH excluding ortho intramolecular Hbond substituents is 2. The van der Waals surface area contributed by atoms with Crippen molar-refractivity contribution in [3.63, 3.8) is 0 Å².